The van der Waals surface area contributed by atoms with Gasteiger partial charge in [-0.3, -0.25) is 5.10 Å². The van der Waals surface area contributed by atoms with Crippen LogP contribution in [-0.2, 0) is 0 Å². The first-order valence-electron chi connectivity index (χ1n) is 6.48. The first kappa shape index (κ1) is 13.5. The van der Waals surface area contributed by atoms with Gasteiger partial charge in [0.2, 0.25) is 5.95 Å². The Hall–Kier alpha value is -1.89. The van der Waals surface area contributed by atoms with Crippen LogP contribution in [-0.4, -0.2) is 58.8 Å². The lowest BCUT2D eigenvalue weighted by molar-refractivity contribution is 0.400. The highest BCUT2D eigenvalue weighted by atomic mass is 15.2. The average molecular weight is 263 g/mol. The van der Waals surface area contributed by atoms with E-state index in [1.54, 1.807) is 6.20 Å². The predicted molar refractivity (Wildman–Crippen MR) is 77.2 cm³/mol. The number of nitrogens with zero attached hydrogens (tertiary/aromatic N) is 5. The zero-order valence-electron chi connectivity index (χ0n) is 11.7. The Bertz CT molecular complexity index is 534. The van der Waals surface area contributed by atoms with E-state index in [2.05, 4.69) is 51.0 Å². The summed E-state index contributed by atoms with van der Waals surface area (Å²) in [5.74, 6) is 1.13. The van der Waals surface area contributed by atoms with Crippen LogP contribution in [0.4, 0.5) is 11.8 Å². The van der Waals surface area contributed by atoms with Crippen LogP contribution in [0.2, 0.25) is 0 Å². The van der Waals surface area contributed by atoms with Gasteiger partial charge in [-0.25, -0.2) is 0 Å². The largest absolute Gasteiger partial charge is 0.368 e. The molecule has 2 aromatic heterocycles. The SMILES string of the molecule is CCN(CCCN(C)C)c1nc(N)nc2[nH]ncc12. The third-order valence-electron chi connectivity index (χ3n) is 3.02. The number of rotatable bonds is 6. The van der Waals surface area contributed by atoms with Gasteiger partial charge in [0, 0.05) is 13.1 Å². The van der Waals surface area contributed by atoms with E-state index < -0.39 is 0 Å². The van der Waals surface area contributed by atoms with Gasteiger partial charge in [0.1, 0.15) is 5.82 Å². The molecule has 0 amide bonds. The molecule has 0 saturated carbocycles. The van der Waals surface area contributed by atoms with Crippen LogP contribution in [0.15, 0.2) is 6.20 Å². The van der Waals surface area contributed by atoms with Crippen LogP contribution in [0.5, 0.6) is 0 Å². The molecular formula is C12H21N7. The molecule has 3 N–H and O–H groups in total. The maximum atomic E-state index is 5.75. The zero-order valence-corrected chi connectivity index (χ0v) is 11.7. The van der Waals surface area contributed by atoms with Gasteiger partial charge in [0.15, 0.2) is 5.65 Å². The summed E-state index contributed by atoms with van der Waals surface area (Å²) in [7, 11) is 4.15. The molecule has 0 atom stereocenters. The normalized spacial score (nSPS) is 11.4. The molecule has 0 unspecified atom stereocenters. The molecule has 0 aromatic carbocycles. The average Bonchev–Trinajstić information content (AvgIpc) is 2.81. The fraction of sp³-hybridized carbons (Fsp3) is 0.583. The maximum Gasteiger partial charge on any atom is 0.224 e. The van der Waals surface area contributed by atoms with Crippen LogP contribution in [0.3, 0.4) is 0 Å². The van der Waals surface area contributed by atoms with Crippen molar-refractivity contribution in [2.24, 2.45) is 0 Å². The summed E-state index contributed by atoms with van der Waals surface area (Å²) in [5.41, 5.74) is 6.44. The maximum absolute atomic E-state index is 5.75. The number of aromatic nitrogens is 4. The van der Waals surface area contributed by atoms with Gasteiger partial charge < -0.3 is 15.5 Å². The fourth-order valence-corrected chi connectivity index (χ4v) is 2.07. The summed E-state index contributed by atoms with van der Waals surface area (Å²) in [6, 6.07) is 0. The second kappa shape index (κ2) is 5.83. The van der Waals surface area contributed by atoms with Crippen molar-refractivity contribution in [2.75, 3.05) is 44.4 Å². The molecule has 7 nitrogen and oxygen atoms in total. The molecule has 0 spiro atoms. The second-order valence-electron chi connectivity index (χ2n) is 4.77. The molecule has 19 heavy (non-hydrogen) atoms. The van der Waals surface area contributed by atoms with Crippen LogP contribution < -0.4 is 10.6 Å². The van der Waals surface area contributed by atoms with Crippen molar-refractivity contribution < 1.29 is 0 Å². The lowest BCUT2D eigenvalue weighted by atomic mass is 10.3. The van der Waals surface area contributed by atoms with Gasteiger partial charge in [-0.1, -0.05) is 0 Å². The molecule has 0 radical (unpaired) electrons. The first-order chi connectivity index (χ1) is 9.11. The van der Waals surface area contributed by atoms with Crippen molar-refractivity contribution in [3.63, 3.8) is 0 Å². The van der Waals surface area contributed by atoms with Crippen molar-refractivity contribution in [2.45, 2.75) is 13.3 Å². The smallest absolute Gasteiger partial charge is 0.224 e. The number of aromatic amines is 1. The number of fused-ring (bicyclic) bond motifs is 1. The molecule has 2 heterocycles. The summed E-state index contributed by atoms with van der Waals surface area (Å²) in [4.78, 5) is 12.9. The monoisotopic (exact) mass is 263 g/mol. The van der Waals surface area contributed by atoms with Crippen LogP contribution >= 0.6 is 0 Å². The van der Waals surface area contributed by atoms with Gasteiger partial charge in [0.05, 0.1) is 11.6 Å². The highest BCUT2D eigenvalue weighted by Crippen LogP contribution is 2.22. The molecule has 2 aromatic rings. The van der Waals surface area contributed by atoms with E-state index in [9.17, 15) is 0 Å². The zero-order chi connectivity index (χ0) is 13.8. The third-order valence-corrected chi connectivity index (χ3v) is 3.02. The molecule has 0 aliphatic heterocycles. The van der Waals surface area contributed by atoms with Gasteiger partial charge in [-0.05, 0) is 34.0 Å². The summed E-state index contributed by atoms with van der Waals surface area (Å²) in [5, 5.41) is 7.77. The summed E-state index contributed by atoms with van der Waals surface area (Å²) in [6.45, 7) is 4.97. The van der Waals surface area contributed by atoms with Gasteiger partial charge in [-0.15, -0.1) is 0 Å². The summed E-state index contributed by atoms with van der Waals surface area (Å²) >= 11 is 0. The Labute approximate surface area is 112 Å². The number of H-pyrrole nitrogens is 1. The van der Waals surface area contributed by atoms with E-state index in [1.165, 1.54) is 0 Å². The van der Waals surface area contributed by atoms with E-state index in [1.807, 2.05) is 0 Å². The molecule has 104 valence electrons. The first-order valence-corrected chi connectivity index (χ1v) is 6.48. The quantitative estimate of drug-likeness (QED) is 0.798. The minimum absolute atomic E-state index is 0.276. The standard InChI is InChI=1S/C12H21N7/c1-4-19(7-5-6-18(2)3)11-9-8-14-17-10(9)15-12(13)16-11/h8H,4-7H2,1-3H3,(H3,13,14,15,16,17). The molecule has 0 saturated heterocycles. The molecule has 0 bridgehead atoms. The topological polar surface area (TPSA) is 87.0 Å². The number of nitrogens with two attached hydrogens (primary N) is 1. The van der Waals surface area contributed by atoms with Gasteiger partial charge in [-0.2, -0.15) is 15.1 Å². The summed E-state index contributed by atoms with van der Waals surface area (Å²) < 4.78 is 0. The molecule has 0 aliphatic rings. The molecule has 2 rings (SSSR count). The molecule has 0 aliphatic carbocycles. The number of hydrogen-bond acceptors (Lipinski definition) is 6. The Balaban J connectivity index is 2.22. The Morgan fingerprint density at radius 1 is 1.26 bits per heavy atom. The predicted octanol–water partition coefficient (Wildman–Crippen LogP) is 0.713. The Kier molecular flexibility index (Phi) is 4.16. The molecule has 0 fully saturated rings. The van der Waals surface area contributed by atoms with Crippen LogP contribution in [0, 0.1) is 0 Å². The lowest BCUT2D eigenvalue weighted by Crippen LogP contribution is -2.28. The number of hydrogen-bond donors (Lipinski definition) is 2. The molecular weight excluding hydrogens is 242 g/mol. The number of anilines is 2. The van der Waals surface area contributed by atoms with Crippen molar-refractivity contribution in [1.29, 1.82) is 0 Å². The van der Waals surface area contributed by atoms with E-state index in [0.717, 1.165) is 37.3 Å². The summed E-state index contributed by atoms with van der Waals surface area (Å²) in [6.07, 6.45) is 2.82. The van der Waals surface area contributed by atoms with E-state index >= 15 is 0 Å². The highest BCUT2D eigenvalue weighted by molar-refractivity contribution is 5.87. The Morgan fingerprint density at radius 2 is 2.05 bits per heavy atom. The van der Waals surface area contributed by atoms with Gasteiger partial charge >= 0.3 is 0 Å². The van der Waals surface area contributed by atoms with E-state index in [-0.39, 0.29) is 5.95 Å². The molecule has 7 heteroatoms. The van der Waals surface area contributed by atoms with Crippen molar-refractivity contribution in [3.05, 3.63) is 6.20 Å². The van der Waals surface area contributed by atoms with E-state index in [4.69, 9.17) is 5.73 Å². The van der Waals surface area contributed by atoms with Gasteiger partial charge in [0.25, 0.3) is 0 Å². The highest BCUT2D eigenvalue weighted by Gasteiger charge is 2.13. The van der Waals surface area contributed by atoms with Crippen LogP contribution in [0.25, 0.3) is 11.0 Å². The number of nitrogens with one attached hydrogen (secondary N) is 1. The minimum Gasteiger partial charge on any atom is -0.368 e. The van der Waals surface area contributed by atoms with Crippen LogP contribution in [0.1, 0.15) is 13.3 Å². The van der Waals surface area contributed by atoms with E-state index in [0.29, 0.717) is 5.65 Å². The fourth-order valence-electron chi connectivity index (χ4n) is 2.07. The number of nitrogen functional groups attached to an aromatic ring is 1. The minimum atomic E-state index is 0.276. The lowest BCUT2D eigenvalue weighted by Gasteiger charge is -2.23. The third kappa shape index (κ3) is 3.11. The van der Waals surface area contributed by atoms with Crippen molar-refractivity contribution in [3.8, 4) is 0 Å². The Morgan fingerprint density at radius 3 is 2.74 bits per heavy atom. The van der Waals surface area contributed by atoms with Crippen molar-refractivity contribution >= 4 is 22.8 Å². The second-order valence-corrected chi connectivity index (χ2v) is 4.77. The van der Waals surface area contributed by atoms with Crippen molar-refractivity contribution in [1.82, 2.24) is 25.1 Å².